The fraction of sp³-hybridized carbons (Fsp3) is 0.333. The molecule has 0 aliphatic rings. The summed E-state index contributed by atoms with van der Waals surface area (Å²) in [6, 6.07) is 0.868. The summed E-state index contributed by atoms with van der Waals surface area (Å²) in [5.74, 6) is -2.35. The van der Waals surface area contributed by atoms with Gasteiger partial charge in [0.25, 0.3) is 10.0 Å². The molecule has 0 spiro atoms. The predicted octanol–water partition coefficient (Wildman–Crippen LogP) is 0.362. The molecule has 0 radical (unpaired) electrons. The number of nitrogens with one attached hydrogen (secondary N) is 1. The van der Waals surface area contributed by atoms with Crippen LogP contribution in [-0.2, 0) is 14.8 Å². The summed E-state index contributed by atoms with van der Waals surface area (Å²) < 4.78 is 38.4. The number of hydrogen-bond donors (Lipinski definition) is 2. The van der Waals surface area contributed by atoms with E-state index >= 15 is 0 Å². The first-order chi connectivity index (χ1) is 7.88. The monoisotopic (exact) mass is 262 g/mol. The van der Waals surface area contributed by atoms with Crippen LogP contribution in [0, 0.1) is 5.82 Å². The van der Waals surface area contributed by atoms with Gasteiger partial charge in [-0.05, 0) is 18.6 Å². The van der Waals surface area contributed by atoms with E-state index in [0.717, 1.165) is 12.3 Å². The summed E-state index contributed by atoms with van der Waals surface area (Å²) in [6.45, 7) is 1.50. The second-order valence-electron chi connectivity index (χ2n) is 3.21. The fourth-order valence-electron chi connectivity index (χ4n) is 1.12. The average molecular weight is 262 g/mol. The van der Waals surface area contributed by atoms with Crippen molar-refractivity contribution in [1.82, 2.24) is 9.71 Å². The van der Waals surface area contributed by atoms with Crippen LogP contribution >= 0.6 is 0 Å². The molecule has 6 nitrogen and oxygen atoms in total. The van der Waals surface area contributed by atoms with Crippen molar-refractivity contribution in [2.24, 2.45) is 0 Å². The van der Waals surface area contributed by atoms with Crippen LogP contribution in [0.25, 0.3) is 0 Å². The first kappa shape index (κ1) is 13.5. The first-order valence-corrected chi connectivity index (χ1v) is 6.22. The summed E-state index contributed by atoms with van der Waals surface area (Å²) in [5, 5.41) is 7.91. The topological polar surface area (TPSA) is 96.4 Å². The molecule has 0 aromatic carbocycles. The smallest absolute Gasteiger partial charge is 0.321 e. The number of pyridine rings is 1. The van der Waals surface area contributed by atoms with Gasteiger partial charge in [0.1, 0.15) is 6.04 Å². The lowest BCUT2D eigenvalue weighted by molar-refractivity contribution is -0.139. The molecule has 8 heteroatoms. The number of hydrogen-bond acceptors (Lipinski definition) is 4. The molecule has 2 N–H and O–H groups in total. The van der Waals surface area contributed by atoms with Crippen LogP contribution < -0.4 is 4.72 Å². The molecule has 1 atom stereocenters. The van der Waals surface area contributed by atoms with Crippen molar-refractivity contribution in [2.45, 2.75) is 24.4 Å². The van der Waals surface area contributed by atoms with Crippen LogP contribution in [0.15, 0.2) is 23.4 Å². The lowest BCUT2D eigenvalue weighted by Gasteiger charge is -2.12. The molecule has 1 aromatic rings. The van der Waals surface area contributed by atoms with Gasteiger partial charge in [-0.15, -0.1) is 0 Å². The van der Waals surface area contributed by atoms with Crippen LogP contribution in [-0.4, -0.2) is 30.5 Å². The highest BCUT2D eigenvalue weighted by molar-refractivity contribution is 7.89. The van der Waals surface area contributed by atoms with E-state index in [1.165, 1.54) is 13.0 Å². The van der Waals surface area contributed by atoms with Crippen LogP contribution in [0.5, 0.6) is 0 Å². The van der Waals surface area contributed by atoms with Crippen molar-refractivity contribution >= 4 is 16.0 Å². The number of sulfonamides is 1. The van der Waals surface area contributed by atoms with E-state index in [0.29, 0.717) is 0 Å². The zero-order valence-electron chi connectivity index (χ0n) is 8.92. The average Bonchev–Trinajstić information content (AvgIpc) is 2.26. The van der Waals surface area contributed by atoms with Crippen molar-refractivity contribution in [3.05, 3.63) is 24.1 Å². The number of aliphatic carboxylic acids is 1. The molecule has 0 bridgehead atoms. The summed E-state index contributed by atoms with van der Waals surface area (Å²) in [6.07, 6.45) is 1.16. The van der Waals surface area contributed by atoms with E-state index in [1.807, 2.05) is 4.72 Å². The molecule has 1 rings (SSSR count). The summed E-state index contributed by atoms with van der Waals surface area (Å²) >= 11 is 0. The Morgan fingerprint density at radius 1 is 1.65 bits per heavy atom. The predicted molar refractivity (Wildman–Crippen MR) is 56.2 cm³/mol. The minimum atomic E-state index is -4.26. The quantitative estimate of drug-likeness (QED) is 0.798. The molecule has 0 aliphatic carbocycles. The van der Waals surface area contributed by atoms with Crippen molar-refractivity contribution in [3.63, 3.8) is 0 Å². The summed E-state index contributed by atoms with van der Waals surface area (Å²) in [5.41, 5.74) is 0. The number of carbonyl (C=O) groups is 1. The van der Waals surface area contributed by atoms with Gasteiger partial charge in [0.2, 0.25) is 5.03 Å². The minimum absolute atomic E-state index is 0.0447. The van der Waals surface area contributed by atoms with Gasteiger partial charge in [0.05, 0.1) is 0 Å². The summed E-state index contributed by atoms with van der Waals surface area (Å²) in [7, 11) is -4.26. The van der Waals surface area contributed by atoms with Crippen LogP contribution in [0.1, 0.15) is 13.3 Å². The highest BCUT2D eigenvalue weighted by atomic mass is 32.2. The first-order valence-electron chi connectivity index (χ1n) is 4.74. The summed E-state index contributed by atoms with van der Waals surface area (Å²) in [4.78, 5) is 14.1. The standard InChI is InChI=1S/C9H11FN2O4S/c1-2-7(9(13)14)12-17(15,16)8-6(10)4-3-5-11-8/h3-5,7,12H,2H2,1H3,(H,13,14)/t7-/m1/s1. The third-order valence-electron chi connectivity index (χ3n) is 1.98. The van der Waals surface area contributed by atoms with Crippen LogP contribution in [0.3, 0.4) is 0 Å². The van der Waals surface area contributed by atoms with Gasteiger partial charge in [-0.1, -0.05) is 6.92 Å². The highest BCUT2D eigenvalue weighted by Crippen LogP contribution is 2.10. The molecule has 1 heterocycles. The number of carboxylic acids is 1. The number of rotatable bonds is 5. The molecule has 0 saturated heterocycles. The van der Waals surface area contributed by atoms with E-state index in [4.69, 9.17) is 5.11 Å². The van der Waals surface area contributed by atoms with Crippen LogP contribution in [0.4, 0.5) is 4.39 Å². The highest BCUT2D eigenvalue weighted by Gasteiger charge is 2.27. The Labute approximate surface area is 97.5 Å². The van der Waals surface area contributed by atoms with Gasteiger partial charge >= 0.3 is 5.97 Å². The van der Waals surface area contributed by atoms with Gasteiger partial charge in [0.15, 0.2) is 5.82 Å². The van der Waals surface area contributed by atoms with Gasteiger partial charge in [-0.2, -0.15) is 4.72 Å². The third kappa shape index (κ3) is 3.21. The molecule has 0 saturated carbocycles. The maximum atomic E-state index is 13.2. The Kier molecular flexibility index (Phi) is 4.13. The lowest BCUT2D eigenvalue weighted by Crippen LogP contribution is -2.40. The zero-order chi connectivity index (χ0) is 13.1. The maximum absolute atomic E-state index is 13.2. The van der Waals surface area contributed by atoms with Gasteiger partial charge in [-0.25, -0.2) is 17.8 Å². The minimum Gasteiger partial charge on any atom is -0.480 e. The second kappa shape index (κ2) is 5.19. The molecule has 0 unspecified atom stereocenters. The van der Waals surface area contributed by atoms with E-state index < -0.39 is 32.9 Å². The lowest BCUT2D eigenvalue weighted by atomic mass is 10.2. The van der Waals surface area contributed by atoms with Crippen LogP contribution in [0.2, 0.25) is 0 Å². The Morgan fingerprint density at radius 3 is 2.76 bits per heavy atom. The second-order valence-corrected chi connectivity index (χ2v) is 4.84. The van der Waals surface area contributed by atoms with E-state index in [2.05, 4.69) is 4.98 Å². The Morgan fingerprint density at radius 2 is 2.29 bits per heavy atom. The number of nitrogens with zero attached hydrogens (tertiary/aromatic N) is 1. The molecule has 0 amide bonds. The Bertz CT molecular complexity index is 517. The van der Waals surface area contributed by atoms with Gasteiger partial charge < -0.3 is 5.11 Å². The van der Waals surface area contributed by atoms with Crippen molar-refractivity contribution in [1.29, 1.82) is 0 Å². The Hall–Kier alpha value is -1.54. The number of halogens is 1. The zero-order valence-corrected chi connectivity index (χ0v) is 9.74. The number of aromatic nitrogens is 1. The van der Waals surface area contributed by atoms with E-state index in [9.17, 15) is 17.6 Å². The fourth-order valence-corrected chi connectivity index (χ4v) is 2.40. The van der Waals surface area contributed by atoms with Crippen molar-refractivity contribution in [2.75, 3.05) is 0 Å². The SMILES string of the molecule is CC[C@@H](NS(=O)(=O)c1ncccc1F)C(=O)O. The van der Waals surface area contributed by atoms with Crippen molar-refractivity contribution < 1.29 is 22.7 Å². The molecule has 0 aliphatic heterocycles. The molecular weight excluding hydrogens is 251 g/mol. The molecular formula is C9H11FN2O4S. The van der Waals surface area contributed by atoms with Gasteiger partial charge in [-0.3, -0.25) is 4.79 Å². The molecule has 94 valence electrons. The van der Waals surface area contributed by atoms with Gasteiger partial charge in [0, 0.05) is 6.20 Å². The third-order valence-corrected chi connectivity index (χ3v) is 3.39. The molecule has 17 heavy (non-hydrogen) atoms. The number of carboxylic acid groups (broad SMARTS) is 1. The maximum Gasteiger partial charge on any atom is 0.321 e. The van der Waals surface area contributed by atoms with E-state index in [-0.39, 0.29) is 6.42 Å². The largest absolute Gasteiger partial charge is 0.480 e. The van der Waals surface area contributed by atoms with E-state index in [1.54, 1.807) is 0 Å². The van der Waals surface area contributed by atoms with Crippen molar-refractivity contribution in [3.8, 4) is 0 Å². The molecule has 1 aromatic heterocycles. The Balaban J connectivity index is 3.05. The molecule has 0 fully saturated rings. The normalized spacial score (nSPS) is 13.3.